The molecule has 0 saturated carbocycles. The van der Waals surface area contributed by atoms with Crippen molar-refractivity contribution in [3.63, 3.8) is 0 Å². The summed E-state index contributed by atoms with van der Waals surface area (Å²) < 4.78 is 20.5. The number of halogens is 1. The van der Waals surface area contributed by atoms with E-state index in [2.05, 4.69) is 4.98 Å². The van der Waals surface area contributed by atoms with Gasteiger partial charge in [0.1, 0.15) is 18.2 Å². The Kier molecular flexibility index (Phi) is 4.10. The van der Waals surface area contributed by atoms with E-state index in [0.717, 1.165) is 16.9 Å². The van der Waals surface area contributed by atoms with E-state index in [-0.39, 0.29) is 5.56 Å². The molecule has 118 valence electrons. The van der Waals surface area contributed by atoms with E-state index in [1.165, 1.54) is 29.1 Å². The molecule has 0 N–H and O–H groups in total. The zero-order chi connectivity index (χ0) is 16.4. The predicted molar refractivity (Wildman–Crippen MR) is 87.4 cm³/mol. The second kappa shape index (κ2) is 6.20. The van der Waals surface area contributed by atoms with E-state index in [0.29, 0.717) is 24.1 Å². The van der Waals surface area contributed by atoms with Crippen molar-refractivity contribution in [1.29, 1.82) is 0 Å². The van der Waals surface area contributed by atoms with Gasteiger partial charge in [-0.1, -0.05) is 18.2 Å². The summed E-state index contributed by atoms with van der Waals surface area (Å²) >= 11 is 0. The average Bonchev–Trinajstić information content (AvgIpc) is 2.52. The lowest BCUT2D eigenvalue weighted by Crippen LogP contribution is -2.23. The lowest BCUT2D eigenvalue weighted by atomic mass is 10.1. The molecule has 0 aliphatic heterocycles. The summed E-state index contributed by atoms with van der Waals surface area (Å²) in [4.78, 5) is 16.5. The van der Waals surface area contributed by atoms with Crippen LogP contribution in [0.5, 0.6) is 5.75 Å². The summed E-state index contributed by atoms with van der Waals surface area (Å²) in [6.45, 7) is 4.72. The molecule has 0 spiro atoms. The summed E-state index contributed by atoms with van der Waals surface area (Å²) in [5, 5.41) is 0.404. The van der Waals surface area contributed by atoms with Gasteiger partial charge in [-0.2, -0.15) is 0 Å². The molecule has 5 heteroatoms. The fourth-order valence-electron chi connectivity index (χ4n) is 2.56. The van der Waals surface area contributed by atoms with Crippen molar-refractivity contribution in [3.8, 4) is 5.75 Å². The average molecular weight is 312 g/mol. The molecule has 0 aliphatic rings. The molecule has 3 aromatic rings. The Morgan fingerprint density at radius 3 is 2.65 bits per heavy atom. The van der Waals surface area contributed by atoms with Gasteiger partial charge in [0.15, 0.2) is 0 Å². The number of para-hydroxylation sites is 1. The third-order valence-corrected chi connectivity index (χ3v) is 3.77. The molecule has 1 heterocycles. The maximum absolute atomic E-state index is 13.2. The van der Waals surface area contributed by atoms with Crippen LogP contribution in [0.4, 0.5) is 4.39 Å². The number of aryl methyl sites for hydroxylation is 2. The molecule has 2 aromatic carbocycles. The normalized spacial score (nSPS) is 10.9. The van der Waals surface area contributed by atoms with Crippen LogP contribution in [0.1, 0.15) is 11.1 Å². The van der Waals surface area contributed by atoms with E-state index < -0.39 is 5.82 Å². The highest BCUT2D eigenvalue weighted by atomic mass is 19.1. The molecular formula is C18H17FN2O2. The first-order chi connectivity index (χ1) is 11.1. The molecule has 4 nitrogen and oxygen atoms in total. The van der Waals surface area contributed by atoms with Crippen molar-refractivity contribution >= 4 is 10.9 Å². The van der Waals surface area contributed by atoms with Crippen molar-refractivity contribution in [1.82, 2.24) is 9.55 Å². The highest BCUT2D eigenvalue weighted by molar-refractivity contribution is 5.77. The number of rotatable bonds is 4. The van der Waals surface area contributed by atoms with Crippen LogP contribution in [-0.4, -0.2) is 16.2 Å². The first-order valence-electron chi connectivity index (χ1n) is 7.40. The number of hydrogen-bond donors (Lipinski definition) is 0. The lowest BCUT2D eigenvalue weighted by Gasteiger charge is -2.12. The maximum atomic E-state index is 13.2. The van der Waals surface area contributed by atoms with Crippen molar-refractivity contribution < 1.29 is 9.13 Å². The number of aromatic nitrogens is 2. The maximum Gasteiger partial charge on any atom is 0.261 e. The highest BCUT2D eigenvalue weighted by Crippen LogP contribution is 2.22. The van der Waals surface area contributed by atoms with Crippen LogP contribution in [0.2, 0.25) is 0 Å². The Balaban J connectivity index is 1.79. The molecule has 0 atom stereocenters. The number of nitrogens with zero attached hydrogens (tertiary/aromatic N) is 2. The Morgan fingerprint density at radius 1 is 1.17 bits per heavy atom. The molecule has 23 heavy (non-hydrogen) atoms. The smallest absolute Gasteiger partial charge is 0.261 e. The summed E-state index contributed by atoms with van der Waals surface area (Å²) in [5.74, 6) is 0.442. The van der Waals surface area contributed by atoms with Crippen LogP contribution < -0.4 is 10.3 Å². The van der Waals surface area contributed by atoms with Crippen molar-refractivity contribution in [3.05, 3.63) is 70.0 Å². The van der Waals surface area contributed by atoms with E-state index in [1.54, 1.807) is 0 Å². The van der Waals surface area contributed by atoms with Crippen LogP contribution in [-0.2, 0) is 6.54 Å². The van der Waals surface area contributed by atoms with Gasteiger partial charge in [0, 0.05) is 6.07 Å². The van der Waals surface area contributed by atoms with Crippen LogP contribution in [0, 0.1) is 19.7 Å². The molecule has 0 unspecified atom stereocenters. The summed E-state index contributed by atoms with van der Waals surface area (Å²) in [5.41, 5.74) is 2.29. The zero-order valence-corrected chi connectivity index (χ0v) is 13.0. The molecule has 1 aromatic heterocycles. The molecule has 0 bridgehead atoms. The van der Waals surface area contributed by atoms with Crippen LogP contribution >= 0.6 is 0 Å². The van der Waals surface area contributed by atoms with Gasteiger partial charge in [0.2, 0.25) is 0 Å². The van der Waals surface area contributed by atoms with Crippen molar-refractivity contribution in [2.45, 2.75) is 20.4 Å². The molecule has 0 fully saturated rings. The van der Waals surface area contributed by atoms with E-state index in [4.69, 9.17) is 4.74 Å². The fraction of sp³-hybridized carbons (Fsp3) is 0.222. The minimum atomic E-state index is -0.402. The zero-order valence-electron chi connectivity index (χ0n) is 13.0. The SMILES string of the molecule is Cc1cccc(C)c1OCCn1cnc2cc(F)ccc2c1=O. The minimum absolute atomic E-state index is 0.194. The van der Waals surface area contributed by atoms with Crippen LogP contribution in [0.25, 0.3) is 10.9 Å². The van der Waals surface area contributed by atoms with Gasteiger partial charge in [-0.05, 0) is 37.1 Å². The number of ether oxygens (including phenoxy) is 1. The van der Waals surface area contributed by atoms with Gasteiger partial charge in [-0.3, -0.25) is 9.36 Å². The van der Waals surface area contributed by atoms with Crippen molar-refractivity contribution in [2.75, 3.05) is 6.61 Å². The molecule has 0 saturated heterocycles. The Hall–Kier alpha value is -2.69. The van der Waals surface area contributed by atoms with Gasteiger partial charge < -0.3 is 4.74 Å². The van der Waals surface area contributed by atoms with Gasteiger partial charge in [0.25, 0.3) is 5.56 Å². The summed E-state index contributed by atoms with van der Waals surface area (Å²) in [7, 11) is 0. The monoisotopic (exact) mass is 312 g/mol. The van der Waals surface area contributed by atoms with Gasteiger partial charge in [0.05, 0.1) is 23.8 Å². The molecule has 0 aliphatic carbocycles. The summed E-state index contributed by atoms with van der Waals surface area (Å²) in [6, 6.07) is 9.94. The Labute approximate surface area is 133 Å². The predicted octanol–water partition coefficient (Wildman–Crippen LogP) is 3.23. The summed E-state index contributed by atoms with van der Waals surface area (Å²) in [6.07, 6.45) is 1.43. The van der Waals surface area contributed by atoms with Crippen LogP contribution in [0.15, 0.2) is 47.5 Å². The Morgan fingerprint density at radius 2 is 1.91 bits per heavy atom. The number of fused-ring (bicyclic) bond motifs is 1. The third-order valence-electron chi connectivity index (χ3n) is 3.77. The number of hydrogen-bond acceptors (Lipinski definition) is 3. The van der Waals surface area contributed by atoms with Gasteiger partial charge >= 0.3 is 0 Å². The van der Waals surface area contributed by atoms with E-state index in [9.17, 15) is 9.18 Å². The van der Waals surface area contributed by atoms with Crippen molar-refractivity contribution in [2.24, 2.45) is 0 Å². The standard InChI is InChI=1S/C18H17FN2O2/c1-12-4-3-5-13(2)17(12)23-9-8-21-11-20-16-10-14(19)6-7-15(16)18(21)22/h3-7,10-11H,8-9H2,1-2H3. The van der Waals surface area contributed by atoms with Gasteiger partial charge in [-0.15, -0.1) is 0 Å². The largest absolute Gasteiger partial charge is 0.491 e. The first-order valence-corrected chi connectivity index (χ1v) is 7.40. The van der Waals surface area contributed by atoms with Gasteiger partial charge in [-0.25, -0.2) is 9.37 Å². The fourth-order valence-corrected chi connectivity index (χ4v) is 2.56. The van der Waals surface area contributed by atoms with E-state index in [1.807, 2.05) is 32.0 Å². The third kappa shape index (κ3) is 3.08. The quantitative estimate of drug-likeness (QED) is 0.743. The number of benzene rings is 2. The first kappa shape index (κ1) is 15.2. The lowest BCUT2D eigenvalue weighted by molar-refractivity contribution is 0.292. The van der Waals surface area contributed by atoms with Crippen LogP contribution in [0.3, 0.4) is 0 Å². The molecule has 3 rings (SSSR count). The van der Waals surface area contributed by atoms with E-state index >= 15 is 0 Å². The highest BCUT2D eigenvalue weighted by Gasteiger charge is 2.07. The molecular weight excluding hydrogens is 295 g/mol. The second-order valence-corrected chi connectivity index (χ2v) is 5.47. The molecule has 0 amide bonds. The topological polar surface area (TPSA) is 44.1 Å². The molecule has 0 radical (unpaired) electrons. The Bertz CT molecular complexity index is 898. The minimum Gasteiger partial charge on any atom is -0.491 e. The second-order valence-electron chi connectivity index (χ2n) is 5.47.